The summed E-state index contributed by atoms with van der Waals surface area (Å²) in [5.74, 6) is 1.35. The lowest BCUT2D eigenvalue weighted by Gasteiger charge is -2.44. The van der Waals surface area contributed by atoms with E-state index >= 15 is 0 Å². The van der Waals surface area contributed by atoms with E-state index in [0.29, 0.717) is 5.92 Å². The fourth-order valence-corrected chi connectivity index (χ4v) is 8.35. The van der Waals surface area contributed by atoms with Crippen LogP contribution in [-0.4, -0.2) is 9.97 Å². The second-order valence-electron chi connectivity index (χ2n) is 14.0. The quantitative estimate of drug-likeness (QED) is 0.178. The van der Waals surface area contributed by atoms with Crippen molar-refractivity contribution in [1.82, 2.24) is 9.97 Å². The van der Waals surface area contributed by atoms with Crippen LogP contribution in [0.2, 0.25) is 0 Å². The second kappa shape index (κ2) is 13.8. The van der Waals surface area contributed by atoms with Crippen molar-refractivity contribution in [1.29, 1.82) is 0 Å². The summed E-state index contributed by atoms with van der Waals surface area (Å²) in [6.45, 7) is 2.22. The number of hydrogen-bond acceptors (Lipinski definition) is 2. The molecule has 0 spiro atoms. The molecule has 5 aromatic rings. The number of benzene rings is 4. The van der Waals surface area contributed by atoms with Crippen LogP contribution in [-0.2, 0) is 5.41 Å². The zero-order chi connectivity index (χ0) is 33.0. The van der Waals surface area contributed by atoms with Crippen LogP contribution in [0.15, 0.2) is 146 Å². The second-order valence-corrected chi connectivity index (χ2v) is 14.0. The molecule has 1 saturated carbocycles. The summed E-state index contributed by atoms with van der Waals surface area (Å²) >= 11 is 0. The minimum absolute atomic E-state index is 0.262. The fraction of sp³-hybridized carbons (Fsp3) is 0.234. The molecule has 8 rings (SSSR count). The highest BCUT2D eigenvalue weighted by molar-refractivity contribution is 5.87. The maximum absolute atomic E-state index is 5.11. The molecule has 0 amide bonds. The minimum Gasteiger partial charge on any atom is -0.228 e. The number of rotatable bonds is 7. The molecule has 0 N–H and O–H groups in total. The maximum atomic E-state index is 5.11. The monoisotopic (exact) mass is 636 g/mol. The zero-order valence-corrected chi connectivity index (χ0v) is 28.5. The Bertz CT molecular complexity index is 2000. The van der Waals surface area contributed by atoms with Crippen molar-refractivity contribution in [2.24, 2.45) is 5.92 Å². The highest BCUT2D eigenvalue weighted by Gasteiger charge is 2.39. The molecule has 1 aromatic heterocycles. The van der Waals surface area contributed by atoms with Crippen LogP contribution in [0.3, 0.4) is 0 Å². The molecule has 0 radical (unpaired) electrons. The summed E-state index contributed by atoms with van der Waals surface area (Å²) in [5, 5.41) is 0. The van der Waals surface area contributed by atoms with Gasteiger partial charge >= 0.3 is 0 Å². The smallest absolute Gasteiger partial charge is 0.160 e. The Balaban J connectivity index is 1.12. The normalized spacial score (nSPS) is 18.5. The molecule has 1 atom stereocenters. The van der Waals surface area contributed by atoms with Crippen LogP contribution in [0.5, 0.6) is 0 Å². The SMILES string of the molecule is Cc1ccc(-c2nc(-c3ccccc3)cc(-c3ccccc3)n2)cc1C1=CC(c2ccc(C3(C4C=CC=CC4)CCCCC3)cc2)=CCC1. The van der Waals surface area contributed by atoms with E-state index in [9.17, 15) is 0 Å². The van der Waals surface area contributed by atoms with Crippen LogP contribution in [0.25, 0.3) is 45.0 Å². The molecular formula is C47H44N2. The molecule has 1 fully saturated rings. The van der Waals surface area contributed by atoms with Crippen molar-refractivity contribution in [2.75, 3.05) is 0 Å². The van der Waals surface area contributed by atoms with E-state index in [0.717, 1.165) is 53.2 Å². The average molecular weight is 637 g/mol. The Hall–Kier alpha value is -5.08. The Morgan fingerprint density at radius 2 is 1.33 bits per heavy atom. The lowest BCUT2D eigenvalue weighted by molar-refractivity contribution is 0.223. The molecule has 0 bridgehead atoms. The molecule has 1 unspecified atom stereocenters. The molecule has 1 heterocycles. The van der Waals surface area contributed by atoms with Gasteiger partial charge in [-0.3, -0.25) is 0 Å². The first-order valence-corrected chi connectivity index (χ1v) is 18.1. The third kappa shape index (κ3) is 6.41. The molecule has 0 aliphatic heterocycles. The predicted octanol–water partition coefficient (Wildman–Crippen LogP) is 12.4. The lowest BCUT2D eigenvalue weighted by atomic mass is 9.60. The third-order valence-electron chi connectivity index (χ3n) is 11.0. The van der Waals surface area contributed by atoms with Gasteiger partial charge in [0.05, 0.1) is 11.4 Å². The number of aryl methyl sites for hydroxylation is 1. The van der Waals surface area contributed by atoms with Crippen molar-refractivity contribution in [3.8, 4) is 33.9 Å². The van der Waals surface area contributed by atoms with Gasteiger partial charge in [0.2, 0.25) is 0 Å². The average Bonchev–Trinajstić information content (AvgIpc) is 3.19. The van der Waals surface area contributed by atoms with Crippen LogP contribution in [0, 0.1) is 12.8 Å². The van der Waals surface area contributed by atoms with Gasteiger partial charge in [-0.05, 0) is 90.5 Å². The van der Waals surface area contributed by atoms with Gasteiger partial charge in [0.15, 0.2) is 5.82 Å². The van der Waals surface area contributed by atoms with Gasteiger partial charge < -0.3 is 0 Å². The van der Waals surface area contributed by atoms with Crippen LogP contribution < -0.4 is 0 Å². The molecular weight excluding hydrogens is 593 g/mol. The number of aromatic nitrogens is 2. The molecule has 2 heteroatoms. The molecule has 3 aliphatic rings. The number of hydrogen-bond donors (Lipinski definition) is 0. The van der Waals surface area contributed by atoms with Crippen LogP contribution in [0.4, 0.5) is 0 Å². The van der Waals surface area contributed by atoms with Gasteiger partial charge in [-0.2, -0.15) is 0 Å². The van der Waals surface area contributed by atoms with E-state index in [-0.39, 0.29) is 5.41 Å². The van der Waals surface area contributed by atoms with Gasteiger partial charge in [-0.1, -0.05) is 153 Å². The van der Waals surface area contributed by atoms with Crippen LogP contribution >= 0.6 is 0 Å². The fourth-order valence-electron chi connectivity index (χ4n) is 8.35. The summed E-state index contributed by atoms with van der Waals surface area (Å²) < 4.78 is 0. The van der Waals surface area contributed by atoms with E-state index < -0.39 is 0 Å². The Labute approximate surface area is 291 Å². The topological polar surface area (TPSA) is 25.8 Å². The van der Waals surface area contributed by atoms with E-state index in [1.807, 2.05) is 12.1 Å². The molecule has 0 saturated heterocycles. The van der Waals surface area contributed by atoms with Crippen molar-refractivity contribution in [3.05, 3.63) is 168 Å². The summed E-state index contributed by atoms with van der Waals surface area (Å²) in [5.41, 5.74) is 13.5. The first-order valence-electron chi connectivity index (χ1n) is 18.1. The van der Waals surface area contributed by atoms with Crippen molar-refractivity contribution in [2.45, 2.75) is 63.7 Å². The van der Waals surface area contributed by atoms with Gasteiger partial charge in [0, 0.05) is 22.1 Å². The summed E-state index contributed by atoms with van der Waals surface area (Å²) in [6, 6.07) is 39.3. The van der Waals surface area contributed by atoms with E-state index in [1.54, 1.807) is 0 Å². The maximum Gasteiger partial charge on any atom is 0.160 e. The Kier molecular flexibility index (Phi) is 8.79. The van der Waals surface area contributed by atoms with Gasteiger partial charge in [-0.25, -0.2) is 9.97 Å². The molecule has 2 nitrogen and oxygen atoms in total. The third-order valence-corrected chi connectivity index (χ3v) is 11.0. The van der Waals surface area contributed by atoms with E-state index in [2.05, 4.69) is 140 Å². The van der Waals surface area contributed by atoms with Crippen molar-refractivity contribution in [3.63, 3.8) is 0 Å². The minimum atomic E-state index is 0.262. The Morgan fingerprint density at radius 3 is 1.98 bits per heavy atom. The van der Waals surface area contributed by atoms with E-state index in [1.165, 1.54) is 65.5 Å². The predicted molar refractivity (Wildman–Crippen MR) is 206 cm³/mol. The number of nitrogens with zero attached hydrogens (tertiary/aromatic N) is 2. The van der Waals surface area contributed by atoms with Gasteiger partial charge in [0.25, 0.3) is 0 Å². The standard InChI is InChI=1S/C47H44N2/c1-34-23-24-40(46-48-44(36-15-6-2-7-16-36)33-45(49-46)37-17-8-3-9-18-37)32-43(34)39-20-14-19-38(31-39)35-25-27-42(28-26-35)47(29-12-5-13-30-47)41-21-10-4-11-22-41/h2-4,6-11,15-19,21,23-28,31-33,41H,5,12-14,20,22,29-30H2,1H3. The largest absolute Gasteiger partial charge is 0.228 e. The summed E-state index contributed by atoms with van der Waals surface area (Å²) in [6.07, 6.45) is 24.0. The van der Waals surface area contributed by atoms with Crippen molar-refractivity contribution >= 4 is 11.1 Å². The lowest BCUT2D eigenvalue weighted by Crippen LogP contribution is -2.36. The highest BCUT2D eigenvalue weighted by atomic mass is 14.9. The van der Waals surface area contributed by atoms with Crippen molar-refractivity contribution < 1.29 is 0 Å². The number of allylic oxidation sites excluding steroid dienone is 8. The zero-order valence-electron chi connectivity index (χ0n) is 28.5. The molecule has 49 heavy (non-hydrogen) atoms. The van der Waals surface area contributed by atoms with E-state index in [4.69, 9.17) is 9.97 Å². The first kappa shape index (κ1) is 31.2. The van der Waals surface area contributed by atoms with Gasteiger partial charge in [0.1, 0.15) is 0 Å². The Morgan fingerprint density at radius 1 is 0.653 bits per heavy atom. The summed E-state index contributed by atoms with van der Waals surface area (Å²) in [4.78, 5) is 10.2. The summed E-state index contributed by atoms with van der Waals surface area (Å²) in [7, 11) is 0. The van der Waals surface area contributed by atoms with Crippen LogP contribution in [0.1, 0.15) is 73.6 Å². The molecule has 242 valence electrons. The first-order chi connectivity index (χ1) is 24.2. The van der Waals surface area contributed by atoms with Gasteiger partial charge in [-0.15, -0.1) is 0 Å². The molecule has 3 aliphatic carbocycles. The molecule has 4 aromatic carbocycles. The highest BCUT2D eigenvalue weighted by Crippen LogP contribution is 2.48.